The SMILES string of the molecule is O=C(Nc1ccc(C2SC(=Nc3cccc(F)c3)N(Cc3ccco3)C2=O)cc1)[C@@H]1CCCN1C(=O)OCc1ccccc1. The molecule has 2 fully saturated rings. The lowest BCUT2D eigenvalue weighted by Gasteiger charge is -2.23. The Labute approximate surface area is 257 Å². The quantitative estimate of drug-likeness (QED) is 0.239. The fourth-order valence-electron chi connectivity index (χ4n) is 5.14. The standard InChI is InChI=1S/C33H29FN4O5S/c34-24-9-4-10-26(19-24)36-32-38(20-27-11-6-18-42-27)31(40)29(44-32)23-13-15-25(16-14-23)35-30(39)28-12-5-17-37(28)33(41)43-21-22-7-2-1-3-8-22/h1-4,6-11,13-16,18-19,28-29H,5,12,17,20-21H2,(H,35,39)/t28-,29?/m0/s1. The second kappa shape index (κ2) is 13.2. The van der Waals surface area contributed by atoms with Crippen LogP contribution in [0.15, 0.2) is 107 Å². The minimum absolute atomic E-state index is 0.136. The van der Waals surface area contributed by atoms with Crippen molar-refractivity contribution < 1.29 is 27.9 Å². The van der Waals surface area contributed by atoms with Gasteiger partial charge < -0.3 is 14.5 Å². The van der Waals surface area contributed by atoms with Crippen LogP contribution in [0, 0.1) is 5.82 Å². The van der Waals surface area contributed by atoms with E-state index in [0.29, 0.717) is 41.7 Å². The van der Waals surface area contributed by atoms with Crippen LogP contribution in [-0.4, -0.2) is 45.5 Å². The average molecular weight is 613 g/mol. The summed E-state index contributed by atoms with van der Waals surface area (Å²) in [7, 11) is 0. The number of aliphatic imine (C=N–C) groups is 1. The predicted molar refractivity (Wildman–Crippen MR) is 165 cm³/mol. The molecule has 0 spiro atoms. The topological polar surface area (TPSA) is 104 Å². The molecule has 0 aliphatic carbocycles. The summed E-state index contributed by atoms with van der Waals surface area (Å²) < 4.78 is 24.7. The van der Waals surface area contributed by atoms with Crippen LogP contribution in [0.2, 0.25) is 0 Å². The van der Waals surface area contributed by atoms with Crippen molar-refractivity contribution in [3.8, 4) is 0 Å². The number of benzene rings is 3. The molecule has 0 radical (unpaired) electrons. The van der Waals surface area contributed by atoms with Crippen molar-refractivity contribution in [1.29, 1.82) is 0 Å². The Hall–Kier alpha value is -4.90. The molecule has 1 N–H and O–H groups in total. The summed E-state index contributed by atoms with van der Waals surface area (Å²) in [5, 5.41) is 2.73. The number of nitrogens with one attached hydrogen (secondary N) is 1. The summed E-state index contributed by atoms with van der Waals surface area (Å²) in [6.07, 6.45) is 2.26. The van der Waals surface area contributed by atoms with Gasteiger partial charge in [-0.3, -0.25) is 19.4 Å². The number of furan rings is 1. The molecule has 3 amide bonds. The van der Waals surface area contributed by atoms with Crippen molar-refractivity contribution in [3.05, 3.63) is 120 Å². The number of hydrogen-bond acceptors (Lipinski definition) is 7. The molecular formula is C33H29FN4O5S. The van der Waals surface area contributed by atoms with Crippen LogP contribution >= 0.6 is 11.8 Å². The summed E-state index contributed by atoms with van der Waals surface area (Å²) >= 11 is 1.27. The first-order chi connectivity index (χ1) is 21.4. The molecule has 0 saturated carbocycles. The first kappa shape index (κ1) is 29.2. The molecule has 9 nitrogen and oxygen atoms in total. The van der Waals surface area contributed by atoms with Crippen LogP contribution in [0.4, 0.5) is 20.6 Å². The van der Waals surface area contributed by atoms with Crippen LogP contribution in [-0.2, 0) is 27.5 Å². The Balaban J connectivity index is 1.12. The van der Waals surface area contributed by atoms with Crippen LogP contribution in [0.25, 0.3) is 0 Å². The number of amides is 3. The predicted octanol–water partition coefficient (Wildman–Crippen LogP) is 6.66. The van der Waals surface area contributed by atoms with E-state index in [1.807, 2.05) is 30.3 Å². The van der Waals surface area contributed by atoms with E-state index in [1.54, 1.807) is 48.5 Å². The fourth-order valence-corrected chi connectivity index (χ4v) is 6.31. The highest BCUT2D eigenvalue weighted by Crippen LogP contribution is 2.41. The van der Waals surface area contributed by atoms with E-state index in [2.05, 4.69) is 10.3 Å². The van der Waals surface area contributed by atoms with Gasteiger partial charge in [-0.1, -0.05) is 60.3 Å². The second-order valence-electron chi connectivity index (χ2n) is 10.4. The van der Waals surface area contributed by atoms with Gasteiger partial charge in [0.2, 0.25) is 11.8 Å². The van der Waals surface area contributed by atoms with Crippen molar-refractivity contribution in [2.45, 2.75) is 37.3 Å². The van der Waals surface area contributed by atoms with Gasteiger partial charge in [0.25, 0.3) is 0 Å². The van der Waals surface area contributed by atoms with E-state index in [1.165, 1.54) is 40.0 Å². The number of carbonyl (C=O) groups excluding carboxylic acids is 3. The molecule has 3 aromatic carbocycles. The third kappa shape index (κ3) is 6.68. The molecule has 6 rings (SSSR count). The van der Waals surface area contributed by atoms with Crippen molar-refractivity contribution in [3.63, 3.8) is 0 Å². The molecule has 1 unspecified atom stereocenters. The number of anilines is 1. The molecule has 224 valence electrons. The molecule has 11 heteroatoms. The van der Waals surface area contributed by atoms with Crippen LogP contribution in [0.1, 0.15) is 35.0 Å². The lowest BCUT2D eigenvalue weighted by atomic mass is 10.1. The van der Waals surface area contributed by atoms with E-state index in [-0.39, 0.29) is 25.0 Å². The zero-order valence-electron chi connectivity index (χ0n) is 23.6. The maximum atomic E-state index is 13.8. The van der Waals surface area contributed by atoms with Gasteiger partial charge in [-0.25, -0.2) is 14.2 Å². The number of carbonyl (C=O) groups is 3. The number of nitrogens with zero attached hydrogens (tertiary/aromatic N) is 3. The average Bonchev–Trinajstić information content (AvgIpc) is 3.80. The van der Waals surface area contributed by atoms with Crippen molar-refractivity contribution in [2.75, 3.05) is 11.9 Å². The van der Waals surface area contributed by atoms with E-state index in [9.17, 15) is 18.8 Å². The number of amidine groups is 1. The number of ether oxygens (including phenoxy) is 1. The molecule has 0 bridgehead atoms. The van der Waals surface area contributed by atoms with Gasteiger partial charge in [0.05, 0.1) is 18.5 Å². The Bertz CT molecular complexity index is 1660. The maximum absolute atomic E-state index is 13.8. The highest BCUT2D eigenvalue weighted by atomic mass is 32.2. The summed E-state index contributed by atoms with van der Waals surface area (Å²) in [5.41, 5.74) is 2.53. The van der Waals surface area contributed by atoms with E-state index >= 15 is 0 Å². The molecular weight excluding hydrogens is 583 g/mol. The minimum Gasteiger partial charge on any atom is -0.467 e. The van der Waals surface area contributed by atoms with Gasteiger partial charge in [-0.15, -0.1) is 0 Å². The maximum Gasteiger partial charge on any atom is 0.410 e. The molecule has 2 saturated heterocycles. The van der Waals surface area contributed by atoms with Crippen molar-refractivity contribution in [1.82, 2.24) is 9.80 Å². The van der Waals surface area contributed by atoms with Gasteiger partial charge in [0.1, 0.15) is 29.5 Å². The van der Waals surface area contributed by atoms with Gasteiger partial charge in [-0.05, 0) is 66.4 Å². The number of rotatable bonds is 8. The zero-order valence-corrected chi connectivity index (χ0v) is 24.4. The number of hydrogen-bond donors (Lipinski definition) is 1. The van der Waals surface area contributed by atoms with Crippen LogP contribution < -0.4 is 5.32 Å². The first-order valence-corrected chi connectivity index (χ1v) is 15.1. The summed E-state index contributed by atoms with van der Waals surface area (Å²) in [5.74, 6) is -0.312. The molecule has 2 aliphatic rings. The van der Waals surface area contributed by atoms with Crippen LogP contribution in [0.3, 0.4) is 0 Å². The van der Waals surface area contributed by atoms with Gasteiger partial charge in [0.15, 0.2) is 5.17 Å². The third-order valence-corrected chi connectivity index (χ3v) is 8.58. The third-order valence-electron chi connectivity index (χ3n) is 7.35. The van der Waals surface area contributed by atoms with Crippen molar-refractivity contribution >= 4 is 46.2 Å². The number of likely N-dealkylation sites (tertiary alicyclic amines) is 1. The number of halogens is 1. The number of thioether (sulfide) groups is 1. The summed E-state index contributed by atoms with van der Waals surface area (Å²) in [6, 6.07) is 25.2. The Morgan fingerprint density at radius 1 is 1.02 bits per heavy atom. The van der Waals surface area contributed by atoms with Gasteiger partial charge in [0, 0.05) is 12.2 Å². The molecule has 2 atom stereocenters. The summed E-state index contributed by atoms with van der Waals surface area (Å²) in [4.78, 5) is 47.0. The lowest BCUT2D eigenvalue weighted by molar-refractivity contribution is -0.126. The molecule has 1 aromatic heterocycles. The van der Waals surface area contributed by atoms with Crippen molar-refractivity contribution in [2.24, 2.45) is 4.99 Å². The van der Waals surface area contributed by atoms with Crippen LogP contribution in [0.5, 0.6) is 0 Å². The lowest BCUT2D eigenvalue weighted by Crippen LogP contribution is -2.43. The highest BCUT2D eigenvalue weighted by Gasteiger charge is 2.40. The fraction of sp³-hybridized carbons (Fsp3) is 0.212. The molecule has 44 heavy (non-hydrogen) atoms. The minimum atomic E-state index is -0.637. The Kier molecular flexibility index (Phi) is 8.74. The molecule has 4 aromatic rings. The largest absolute Gasteiger partial charge is 0.467 e. The normalized spacial score (nSPS) is 19.0. The second-order valence-corrected chi connectivity index (χ2v) is 11.5. The molecule has 2 aliphatic heterocycles. The van der Waals surface area contributed by atoms with E-state index in [4.69, 9.17) is 9.15 Å². The monoisotopic (exact) mass is 612 g/mol. The van der Waals surface area contributed by atoms with Gasteiger partial charge in [-0.2, -0.15) is 0 Å². The Morgan fingerprint density at radius 3 is 2.59 bits per heavy atom. The van der Waals surface area contributed by atoms with E-state index in [0.717, 1.165) is 11.1 Å². The van der Waals surface area contributed by atoms with Gasteiger partial charge >= 0.3 is 6.09 Å². The smallest absolute Gasteiger partial charge is 0.410 e. The molecule has 3 heterocycles. The summed E-state index contributed by atoms with van der Waals surface area (Å²) in [6.45, 7) is 0.764. The Morgan fingerprint density at radius 2 is 1.84 bits per heavy atom. The zero-order chi connectivity index (χ0) is 30.5. The van der Waals surface area contributed by atoms with E-state index < -0.39 is 23.2 Å². The first-order valence-electron chi connectivity index (χ1n) is 14.2. The highest BCUT2D eigenvalue weighted by molar-refractivity contribution is 8.15.